The molecular weight excluding hydrogens is 358 g/mol. The molecule has 142 valence electrons. The minimum absolute atomic E-state index is 0.0340. The van der Waals surface area contributed by atoms with Crippen LogP contribution >= 0.6 is 11.8 Å². The van der Waals surface area contributed by atoms with Crippen LogP contribution in [0.2, 0.25) is 0 Å². The van der Waals surface area contributed by atoms with Gasteiger partial charge in [-0.2, -0.15) is 0 Å². The minimum atomic E-state index is -0.638. The number of nitro benzene ring substituents is 1. The highest BCUT2D eigenvalue weighted by atomic mass is 32.2. The van der Waals surface area contributed by atoms with Crippen LogP contribution in [0.3, 0.4) is 0 Å². The Balaban J connectivity index is 1.81. The number of carbonyl (C=O) groups is 1. The predicted molar refractivity (Wildman–Crippen MR) is 98.5 cm³/mol. The topological polar surface area (TPSA) is 96.2 Å². The molecule has 1 N–H and O–H groups in total. The Morgan fingerprint density at radius 1 is 1.31 bits per heavy atom. The molecule has 1 aromatic rings. The van der Waals surface area contributed by atoms with Crippen molar-refractivity contribution >= 4 is 23.4 Å². The minimum Gasteiger partial charge on any atom is -0.500 e. The fourth-order valence-corrected chi connectivity index (χ4v) is 4.65. The number of amides is 1. The van der Waals surface area contributed by atoms with Gasteiger partial charge in [-0.25, -0.2) is 0 Å². The summed E-state index contributed by atoms with van der Waals surface area (Å²) < 4.78 is 5.08. The summed E-state index contributed by atoms with van der Waals surface area (Å²) in [7, 11) is 1.35. The largest absolute Gasteiger partial charge is 0.500 e. The Morgan fingerprint density at radius 3 is 2.69 bits per heavy atom. The van der Waals surface area contributed by atoms with Crippen LogP contribution in [0.4, 0.5) is 5.69 Å². The SMILES string of the molecule is COc1cc(C2SCC(=O)N2CCN2CCCCC2)cc([N+](=O)[O-])c1O. The number of nitrogens with zero attached hydrogens (tertiary/aromatic N) is 3. The zero-order valence-corrected chi connectivity index (χ0v) is 15.5. The highest BCUT2D eigenvalue weighted by Crippen LogP contribution is 2.44. The second-order valence-electron chi connectivity index (χ2n) is 6.50. The molecule has 0 radical (unpaired) electrons. The number of benzene rings is 1. The number of carbonyl (C=O) groups excluding carboxylic acids is 1. The van der Waals surface area contributed by atoms with Gasteiger partial charge in [-0.15, -0.1) is 11.8 Å². The van der Waals surface area contributed by atoms with Gasteiger partial charge in [-0.1, -0.05) is 6.42 Å². The Kier molecular flexibility index (Phi) is 5.87. The van der Waals surface area contributed by atoms with E-state index in [9.17, 15) is 20.0 Å². The smallest absolute Gasteiger partial charge is 0.315 e. The lowest BCUT2D eigenvalue weighted by atomic mass is 10.1. The van der Waals surface area contributed by atoms with Gasteiger partial charge in [0.25, 0.3) is 0 Å². The Bertz CT molecular complexity index is 693. The molecule has 2 heterocycles. The lowest BCUT2D eigenvalue weighted by molar-refractivity contribution is -0.386. The highest BCUT2D eigenvalue weighted by molar-refractivity contribution is 8.00. The predicted octanol–water partition coefficient (Wildman–Crippen LogP) is 2.37. The van der Waals surface area contributed by atoms with Crippen LogP contribution in [0, 0.1) is 10.1 Å². The number of piperidine rings is 1. The maximum atomic E-state index is 12.3. The molecule has 1 atom stereocenters. The Hall–Kier alpha value is -2.00. The molecule has 1 amide bonds. The molecular formula is C17H23N3O5S. The number of methoxy groups -OCH3 is 1. The van der Waals surface area contributed by atoms with Gasteiger partial charge in [0, 0.05) is 19.2 Å². The van der Waals surface area contributed by atoms with Gasteiger partial charge < -0.3 is 19.6 Å². The average molecular weight is 381 g/mol. The fraction of sp³-hybridized carbons (Fsp3) is 0.588. The first-order valence-corrected chi connectivity index (χ1v) is 9.75. The van der Waals surface area contributed by atoms with Gasteiger partial charge in [-0.3, -0.25) is 14.9 Å². The molecule has 2 fully saturated rings. The molecule has 2 aliphatic rings. The van der Waals surface area contributed by atoms with Crippen LogP contribution in [0.15, 0.2) is 12.1 Å². The number of phenols is 1. The van der Waals surface area contributed by atoms with Crippen LogP contribution in [0.5, 0.6) is 11.5 Å². The van der Waals surface area contributed by atoms with Crippen molar-refractivity contribution < 1.29 is 19.6 Å². The second kappa shape index (κ2) is 8.13. The molecule has 2 aliphatic heterocycles. The monoisotopic (exact) mass is 381 g/mol. The lowest BCUT2D eigenvalue weighted by Gasteiger charge is -2.30. The van der Waals surface area contributed by atoms with Crippen molar-refractivity contribution in [1.82, 2.24) is 9.80 Å². The quantitative estimate of drug-likeness (QED) is 0.597. The molecule has 2 saturated heterocycles. The van der Waals surface area contributed by atoms with E-state index < -0.39 is 16.4 Å². The van der Waals surface area contributed by atoms with Crippen molar-refractivity contribution in [3.63, 3.8) is 0 Å². The molecule has 1 aromatic carbocycles. The van der Waals surface area contributed by atoms with E-state index in [2.05, 4.69) is 4.90 Å². The summed E-state index contributed by atoms with van der Waals surface area (Å²) in [6.45, 7) is 3.50. The second-order valence-corrected chi connectivity index (χ2v) is 7.57. The van der Waals surface area contributed by atoms with Crippen LogP contribution < -0.4 is 4.74 Å². The lowest BCUT2D eigenvalue weighted by Crippen LogP contribution is -2.39. The van der Waals surface area contributed by atoms with E-state index in [1.807, 2.05) is 0 Å². The summed E-state index contributed by atoms with van der Waals surface area (Å²) in [6.07, 6.45) is 3.63. The third-order valence-electron chi connectivity index (χ3n) is 4.85. The third-order valence-corrected chi connectivity index (χ3v) is 6.11. The molecule has 3 rings (SSSR count). The molecule has 9 heteroatoms. The van der Waals surface area contributed by atoms with Gasteiger partial charge in [0.05, 0.1) is 17.8 Å². The number of ether oxygens (including phenoxy) is 1. The van der Waals surface area contributed by atoms with Crippen molar-refractivity contribution in [2.45, 2.75) is 24.6 Å². The van der Waals surface area contributed by atoms with Crippen LogP contribution in [0.1, 0.15) is 30.2 Å². The fourth-order valence-electron chi connectivity index (χ4n) is 3.46. The van der Waals surface area contributed by atoms with Crippen LogP contribution in [0.25, 0.3) is 0 Å². The van der Waals surface area contributed by atoms with Crippen molar-refractivity contribution in [1.29, 1.82) is 0 Å². The van der Waals surface area contributed by atoms with Gasteiger partial charge in [0.2, 0.25) is 11.7 Å². The molecule has 26 heavy (non-hydrogen) atoms. The summed E-state index contributed by atoms with van der Waals surface area (Å²) in [5, 5.41) is 20.9. The molecule has 0 aliphatic carbocycles. The van der Waals surface area contributed by atoms with Crippen LogP contribution in [-0.2, 0) is 4.79 Å². The molecule has 0 aromatic heterocycles. The first-order chi connectivity index (χ1) is 12.5. The van der Waals surface area contributed by atoms with Gasteiger partial charge >= 0.3 is 5.69 Å². The van der Waals surface area contributed by atoms with Crippen molar-refractivity contribution in [2.24, 2.45) is 0 Å². The van der Waals surface area contributed by atoms with E-state index in [1.54, 1.807) is 11.0 Å². The van der Waals surface area contributed by atoms with Gasteiger partial charge in [0.15, 0.2) is 5.75 Å². The zero-order chi connectivity index (χ0) is 18.7. The number of likely N-dealkylation sites (tertiary alicyclic amines) is 1. The first-order valence-electron chi connectivity index (χ1n) is 8.70. The number of thioether (sulfide) groups is 1. The summed E-state index contributed by atoms with van der Waals surface area (Å²) in [4.78, 5) is 27.1. The number of hydrogen-bond donors (Lipinski definition) is 1. The van der Waals surface area contributed by atoms with E-state index in [0.717, 1.165) is 19.6 Å². The number of phenolic OH excluding ortho intramolecular Hbond substituents is 1. The van der Waals surface area contributed by atoms with Crippen molar-refractivity contribution in [3.8, 4) is 11.5 Å². The maximum absolute atomic E-state index is 12.3. The van der Waals surface area contributed by atoms with E-state index in [-0.39, 0.29) is 17.0 Å². The molecule has 0 saturated carbocycles. The number of aromatic hydroxyl groups is 1. The van der Waals surface area contributed by atoms with E-state index >= 15 is 0 Å². The summed E-state index contributed by atoms with van der Waals surface area (Å²) >= 11 is 1.44. The zero-order valence-electron chi connectivity index (χ0n) is 14.7. The van der Waals surface area contributed by atoms with Crippen molar-refractivity contribution in [3.05, 3.63) is 27.8 Å². The molecule has 0 bridgehead atoms. The molecule has 8 nitrogen and oxygen atoms in total. The average Bonchev–Trinajstić information content (AvgIpc) is 3.01. The van der Waals surface area contributed by atoms with E-state index in [0.29, 0.717) is 17.9 Å². The van der Waals surface area contributed by atoms with E-state index in [1.165, 1.54) is 44.2 Å². The van der Waals surface area contributed by atoms with E-state index in [4.69, 9.17) is 4.74 Å². The standard InChI is InChI=1S/C17H23N3O5S/c1-25-14-10-12(9-13(16(14)22)20(23)24)17-19(15(21)11-26-17)8-7-18-5-3-2-4-6-18/h9-10,17,22H,2-8,11H2,1H3. The highest BCUT2D eigenvalue weighted by Gasteiger charge is 2.35. The first kappa shape index (κ1) is 18.8. The Labute approximate surface area is 156 Å². The maximum Gasteiger partial charge on any atom is 0.315 e. The summed E-state index contributed by atoms with van der Waals surface area (Å²) in [5.74, 6) is -0.0611. The number of rotatable bonds is 6. The third kappa shape index (κ3) is 3.88. The summed E-state index contributed by atoms with van der Waals surface area (Å²) in [5.41, 5.74) is 0.191. The molecule has 1 unspecified atom stereocenters. The van der Waals surface area contributed by atoms with Gasteiger partial charge in [-0.05, 0) is 37.6 Å². The normalized spacial score (nSPS) is 21.2. The number of hydrogen-bond acceptors (Lipinski definition) is 7. The van der Waals surface area contributed by atoms with Crippen molar-refractivity contribution in [2.75, 3.05) is 39.0 Å². The number of nitro groups is 1. The van der Waals surface area contributed by atoms with Gasteiger partial charge in [0.1, 0.15) is 5.37 Å². The van der Waals surface area contributed by atoms with Crippen LogP contribution in [-0.4, -0.2) is 64.8 Å². The summed E-state index contributed by atoms with van der Waals surface area (Å²) in [6, 6.07) is 2.91. The Morgan fingerprint density at radius 2 is 2.04 bits per heavy atom. The molecule has 0 spiro atoms.